The van der Waals surface area contributed by atoms with Gasteiger partial charge in [0.05, 0.1) is 19.7 Å². The predicted octanol–water partition coefficient (Wildman–Crippen LogP) is 4.17. The lowest BCUT2D eigenvalue weighted by molar-refractivity contribution is -0.122. The summed E-state index contributed by atoms with van der Waals surface area (Å²) in [5, 5.41) is 3.25. The van der Waals surface area contributed by atoms with Crippen molar-refractivity contribution < 1.29 is 9.53 Å². The van der Waals surface area contributed by atoms with Gasteiger partial charge in [0.15, 0.2) is 0 Å². The number of likely N-dealkylation sites (tertiary alicyclic amines) is 1. The van der Waals surface area contributed by atoms with E-state index in [1.807, 2.05) is 42.5 Å². The highest BCUT2D eigenvalue weighted by Gasteiger charge is 2.19. The molecule has 4 nitrogen and oxygen atoms in total. The van der Waals surface area contributed by atoms with E-state index < -0.39 is 0 Å². The van der Waals surface area contributed by atoms with Crippen LogP contribution in [0.3, 0.4) is 0 Å². The van der Waals surface area contributed by atoms with E-state index in [1.165, 1.54) is 32.1 Å². The first-order valence-electron chi connectivity index (χ1n) is 9.97. The second kappa shape index (κ2) is 10.1. The van der Waals surface area contributed by atoms with E-state index in [-0.39, 0.29) is 11.9 Å². The van der Waals surface area contributed by atoms with Crippen molar-refractivity contribution in [2.75, 3.05) is 26.7 Å². The van der Waals surface area contributed by atoms with Crippen molar-refractivity contribution in [2.24, 2.45) is 0 Å². The van der Waals surface area contributed by atoms with Gasteiger partial charge in [0.1, 0.15) is 5.75 Å². The highest BCUT2D eigenvalue weighted by molar-refractivity contribution is 5.79. The fraction of sp³-hybridized carbons (Fsp3) is 0.435. The van der Waals surface area contributed by atoms with Crippen molar-refractivity contribution in [3.8, 4) is 5.75 Å². The minimum Gasteiger partial charge on any atom is -0.497 e. The van der Waals surface area contributed by atoms with Gasteiger partial charge in [-0.3, -0.25) is 9.69 Å². The van der Waals surface area contributed by atoms with Crippen LogP contribution in [-0.2, 0) is 4.79 Å². The number of nitrogens with one attached hydrogen (secondary N) is 1. The fourth-order valence-electron chi connectivity index (χ4n) is 3.68. The van der Waals surface area contributed by atoms with Crippen LogP contribution in [0.15, 0.2) is 54.6 Å². The average molecular weight is 367 g/mol. The Bertz CT molecular complexity index is 692. The Labute approximate surface area is 162 Å². The number of ether oxygens (including phenoxy) is 1. The summed E-state index contributed by atoms with van der Waals surface area (Å²) in [6.07, 6.45) is 6.25. The van der Waals surface area contributed by atoms with E-state index in [9.17, 15) is 4.79 Å². The van der Waals surface area contributed by atoms with E-state index in [0.717, 1.165) is 30.0 Å². The SMILES string of the molecule is COc1ccc([C@H](NC(=O)CN2CCCCCCC2)c2ccccc2)cc1. The van der Waals surface area contributed by atoms with Crippen LogP contribution >= 0.6 is 0 Å². The first-order valence-corrected chi connectivity index (χ1v) is 9.97. The molecule has 1 atom stereocenters. The van der Waals surface area contributed by atoms with Crippen LogP contribution in [0, 0.1) is 0 Å². The van der Waals surface area contributed by atoms with Crippen molar-refractivity contribution in [1.82, 2.24) is 10.2 Å². The molecule has 0 aromatic heterocycles. The quantitative estimate of drug-likeness (QED) is 0.834. The lowest BCUT2D eigenvalue weighted by Crippen LogP contribution is -2.40. The smallest absolute Gasteiger partial charge is 0.234 e. The Morgan fingerprint density at radius 2 is 1.52 bits per heavy atom. The summed E-state index contributed by atoms with van der Waals surface area (Å²) in [5.41, 5.74) is 2.15. The van der Waals surface area contributed by atoms with Crippen LogP contribution in [0.2, 0.25) is 0 Å². The zero-order valence-electron chi connectivity index (χ0n) is 16.2. The van der Waals surface area contributed by atoms with Gasteiger partial charge in [-0.2, -0.15) is 0 Å². The van der Waals surface area contributed by atoms with E-state index in [4.69, 9.17) is 4.74 Å². The normalized spacial score (nSPS) is 16.8. The lowest BCUT2D eigenvalue weighted by Gasteiger charge is -2.26. The molecule has 27 heavy (non-hydrogen) atoms. The molecule has 0 saturated carbocycles. The molecule has 1 aliphatic heterocycles. The van der Waals surface area contributed by atoms with Crippen LogP contribution in [0.4, 0.5) is 0 Å². The van der Waals surface area contributed by atoms with Gasteiger partial charge in [0, 0.05) is 0 Å². The summed E-state index contributed by atoms with van der Waals surface area (Å²) < 4.78 is 5.26. The Hall–Kier alpha value is -2.33. The maximum atomic E-state index is 12.8. The number of benzene rings is 2. The maximum absolute atomic E-state index is 12.8. The molecule has 3 rings (SSSR count). The van der Waals surface area contributed by atoms with Gasteiger partial charge < -0.3 is 10.1 Å². The summed E-state index contributed by atoms with van der Waals surface area (Å²) in [5.74, 6) is 0.901. The van der Waals surface area contributed by atoms with Gasteiger partial charge in [-0.1, -0.05) is 61.7 Å². The van der Waals surface area contributed by atoms with Gasteiger partial charge in [0.2, 0.25) is 5.91 Å². The molecule has 0 aliphatic carbocycles. The highest BCUT2D eigenvalue weighted by Crippen LogP contribution is 2.24. The van der Waals surface area contributed by atoms with Crippen molar-refractivity contribution in [1.29, 1.82) is 0 Å². The molecule has 0 radical (unpaired) electrons. The Kier molecular flexibility index (Phi) is 7.28. The molecule has 2 aromatic carbocycles. The summed E-state index contributed by atoms with van der Waals surface area (Å²) in [4.78, 5) is 15.1. The van der Waals surface area contributed by atoms with E-state index in [1.54, 1.807) is 7.11 Å². The molecule has 0 spiro atoms. The molecule has 1 saturated heterocycles. The Morgan fingerprint density at radius 3 is 2.15 bits per heavy atom. The molecular formula is C23H30N2O2. The summed E-state index contributed by atoms with van der Waals surface area (Å²) >= 11 is 0. The predicted molar refractivity (Wildman–Crippen MR) is 109 cm³/mol. The standard InChI is InChI=1S/C23H30N2O2/c1-27-21-14-12-20(13-15-21)23(19-10-6-5-7-11-19)24-22(26)18-25-16-8-3-2-4-9-17-25/h5-7,10-15,23H,2-4,8-9,16-18H2,1H3,(H,24,26)/t23-/m1/s1. The first kappa shape index (κ1) is 19.4. The van der Waals surface area contributed by atoms with Crippen LogP contribution in [-0.4, -0.2) is 37.6 Å². The minimum absolute atomic E-state index is 0.0836. The number of carbonyl (C=O) groups is 1. The zero-order valence-corrected chi connectivity index (χ0v) is 16.2. The van der Waals surface area contributed by atoms with Gasteiger partial charge in [0.25, 0.3) is 0 Å². The number of carbonyl (C=O) groups excluding carboxylic acids is 1. The maximum Gasteiger partial charge on any atom is 0.234 e. The Morgan fingerprint density at radius 1 is 0.926 bits per heavy atom. The third-order valence-corrected chi connectivity index (χ3v) is 5.20. The molecule has 1 fully saturated rings. The third kappa shape index (κ3) is 5.83. The summed E-state index contributed by atoms with van der Waals surface area (Å²) in [6.45, 7) is 2.51. The van der Waals surface area contributed by atoms with E-state index >= 15 is 0 Å². The number of hydrogen-bond acceptors (Lipinski definition) is 3. The molecule has 4 heteroatoms. The lowest BCUT2D eigenvalue weighted by atomic mass is 9.98. The van der Waals surface area contributed by atoms with Gasteiger partial charge in [-0.25, -0.2) is 0 Å². The number of nitrogens with zero attached hydrogens (tertiary/aromatic N) is 1. The number of rotatable bonds is 6. The highest BCUT2D eigenvalue weighted by atomic mass is 16.5. The van der Waals surface area contributed by atoms with Gasteiger partial charge in [-0.15, -0.1) is 0 Å². The van der Waals surface area contributed by atoms with Crippen LogP contribution < -0.4 is 10.1 Å². The number of methoxy groups -OCH3 is 1. The average Bonchev–Trinajstić information content (AvgIpc) is 2.69. The summed E-state index contributed by atoms with van der Waals surface area (Å²) in [6, 6.07) is 17.9. The van der Waals surface area contributed by atoms with Crippen molar-refractivity contribution in [2.45, 2.75) is 38.1 Å². The molecule has 1 amide bonds. The van der Waals surface area contributed by atoms with Crippen LogP contribution in [0.25, 0.3) is 0 Å². The van der Waals surface area contributed by atoms with Gasteiger partial charge in [-0.05, 0) is 49.2 Å². The first-order chi connectivity index (χ1) is 13.3. The van der Waals surface area contributed by atoms with Crippen molar-refractivity contribution >= 4 is 5.91 Å². The van der Waals surface area contributed by atoms with E-state index in [2.05, 4.69) is 22.3 Å². The molecule has 1 N–H and O–H groups in total. The molecule has 144 valence electrons. The zero-order chi connectivity index (χ0) is 18.9. The summed E-state index contributed by atoms with van der Waals surface area (Å²) in [7, 11) is 1.66. The second-order valence-electron chi connectivity index (χ2n) is 7.23. The van der Waals surface area contributed by atoms with Crippen molar-refractivity contribution in [3.05, 3.63) is 65.7 Å². The molecule has 1 aliphatic rings. The largest absolute Gasteiger partial charge is 0.497 e. The van der Waals surface area contributed by atoms with E-state index in [0.29, 0.717) is 6.54 Å². The molecule has 0 bridgehead atoms. The minimum atomic E-state index is -0.153. The van der Waals surface area contributed by atoms with Crippen molar-refractivity contribution in [3.63, 3.8) is 0 Å². The fourth-order valence-corrected chi connectivity index (χ4v) is 3.68. The Balaban J connectivity index is 1.71. The molecule has 0 unspecified atom stereocenters. The molecule has 1 heterocycles. The number of amides is 1. The van der Waals surface area contributed by atoms with Crippen LogP contribution in [0.1, 0.15) is 49.3 Å². The second-order valence-corrected chi connectivity index (χ2v) is 7.23. The topological polar surface area (TPSA) is 41.6 Å². The van der Waals surface area contributed by atoms with Crippen LogP contribution in [0.5, 0.6) is 5.75 Å². The third-order valence-electron chi connectivity index (χ3n) is 5.20. The molecule has 2 aromatic rings. The molecular weight excluding hydrogens is 336 g/mol. The monoisotopic (exact) mass is 366 g/mol. The number of hydrogen-bond donors (Lipinski definition) is 1. The van der Waals surface area contributed by atoms with Gasteiger partial charge >= 0.3 is 0 Å².